The van der Waals surface area contributed by atoms with E-state index in [4.69, 9.17) is 0 Å². The summed E-state index contributed by atoms with van der Waals surface area (Å²) in [5.74, 6) is 0.0200. The van der Waals surface area contributed by atoms with Gasteiger partial charge in [-0.3, -0.25) is 4.79 Å². The number of nitrogens with one attached hydrogen (secondary N) is 1. The molecule has 0 atom stereocenters. The quantitative estimate of drug-likeness (QED) is 0.645. The van der Waals surface area contributed by atoms with Crippen molar-refractivity contribution in [3.63, 3.8) is 0 Å². The summed E-state index contributed by atoms with van der Waals surface area (Å²) in [6.45, 7) is 3.59. The molecule has 0 saturated heterocycles. The molecule has 0 amide bonds. The maximum absolute atomic E-state index is 12.2. The van der Waals surface area contributed by atoms with Crippen molar-refractivity contribution in [3.8, 4) is 5.75 Å². The molecule has 2 rings (SSSR count). The Hall–Kier alpha value is -2.44. The van der Waals surface area contributed by atoms with Crippen LogP contribution in [0.2, 0.25) is 0 Å². The van der Waals surface area contributed by atoms with E-state index in [0.717, 1.165) is 16.7 Å². The monoisotopic (exact) mass is 345 g/mol. The second-order valence-corrected chi connectivity index (χ2v) is 7.32. The van der Waals surface area contributed by atoms with Gasteiger partial charge in [-0.05, 0) is 80.1 Å². The number of benzene rings is 2. The predicted molar refractivity (Wildman–Crippen MR) is 93.6 cm³/mol. The second-order valence-electron chi connectivity index (χ2n) is 5.43. The third-order valence-corrected chi connectivity index (χ3v) is 5.09. The van der Waals surface area contributed by atoms with E-state index >= 15 is 0 Å². The molecule has 0 spiro atoms. The van der Waals surface area contributed by atoms with Gasteiger partial charge < -0.3 is 5.11 Å². The van der Waals surface area contributed by atoms with Crippen molar-refractivity contribution < 1.29 is 18.3 Å². The Morgan fingerprint density at radius 3 is 2.12 bits per heavy atom. The van der Waals surface area contributed by atoms with Gasteiger partial charge in [-0.1, -0.05) is 6.08 Å². The number of ketones is 1. The molecular weight excluding hydrogens is 326 g/mol. The molecule has 6 heteroatoms. The number of rotatable bonds is 5. The van der Waals surface area contributed by atoms with Gasteiger partial charge in [0.2, 0.25) is 10.0 Å². The highest BCUT2D eigenvalue weighted by atomic mass is 32.2. The minimum atomic E-state index is -3.51. The maximum atomic E-state index is 12.2. The lowest BCUT2D eigenvalue weighted by atomic mass is 10.0. The molecule has 2 aromatic carbocycles. The van der Waals surface area contributed by atoms with Gasteiger partial charge in [-0.15, -0.1) is 0 Å². The molecule has 0 unspecified atom stereocenters. The summed E-state index contributed by atoms with van der Waals surface area (Å²) in [6, 6.07) is 9.31. The molecule has 0 fully saturated rings. The molecule has 24 heavy (non-hydrogen) atoms. The highest BCUT2D eigenvalue weighted by Crippen LogP contribution is 2.23. The summed E-state index contributed by atoms with van der Waals surface area (Å²) in [4.78, 5) is 12.3. The first-order valence-corrected chi connectivity index (χ1v) is 8.79. The van der Waals surface area contributed by atoms with E-state index < -0.39 is 10.0 Å². The van der Waals surface area contributed by atoms with Crippen LogP contribution >= 0.6 is 0 Å². The molecular formula is C18H19NO4S. The molecule has 126 valence electrons. The zero-order valence-corrected chi connectivity index (χ0v) is 14.5. The van der Waals surface area contributed by atoms with Crippen molar-refractivity contribution in [3.05, 3.63) is 64.7 Å². The van der Waals surface area contributed by atoms with Crippen molar-refractivity contribution in [2.24, 2.45) is 0 Å². The first-order valence-electron chi connectivity index (χ1n) is 7.31. The molecule has 0 aliphatic heterocycles. The zero-order chi connectivity index (χ0) is 17.9. The van der Waals surface area contributed by atoms with Crippen LogP contribution in [0.3, 0.4) is 0 Å². The maximum Gasteiger partial charge on any atom is 0.240 e. The molecule has 2 aromatic rings. The number of hydrogen-bond acceptors (Lipinski definition) is 4. The first-order chi connectivity index (χ1) is 11.2. The average molecular weight is 345 g/mol. The summed E-state index contributed by atoms with van der Waals surface area (Å²) in [5.41, 5.74) is 2.69. The number of aromatic hydroxyl groups is 1. The molecule has 0 aromatic heterocycles. The normalized spacial score (nSPS) is 11.8. The number of allylic oxidation sites excluding steroid dienone is 1. The van der Waals surface area contributed by atoms with Crippen molar-refractivity contribution in [2.45, 2.75) is 18.7 Å². The Morgan fingerprint density at radius 2 is 1.62 bits per heavy atom. The Kier molecular flexibility index (Phi) is 5.21. The number of sulfonamides is 1. The SMILES string of the molecule is CNS(=O)(=O)c1ccc(C(=O)/C=C/c2cc(C)c(O)c(C)c2)cc1. The standard InChI is InChI=1S/C18H19NO4S/c1-12-10-14(11-13(2)18(12)21)4-9-17(20)15-5-7-16(8-6-15)24(22,23)19-3/h4-11,19,21H,1-3H3/b9-4+. The molecule has 0 aliphatic rings. The van der Waals surface area contributed by atoms with Crippen LogP contribution in [0.15, 0.2) is 47.4 Å². The third-order valence-electron chi connectivity index (χ3n) is 3.66. The van der Waals surface area contributed by atoms with E-state index in [1.807, 2.05) is 0 Å². The Labute approximate surface area is 141 Å². The fourth-order valence-corrected chi connectivity index (χ4v) is 3.00. The second kappa shape index (κ2) is 6.98. The lowest BCUT2D eigenvalue weighted by Gasteiger charge is -2.05. The lowest BCUT2D eigenvalue weighted by Crippen LogP contribution is -2.18. The average Bonchev–Trinajstić information content (AvgIpc) is 2.57. The zero-order valence-electron chi connectivity index (χ0n) is 13.7. The smallest absolute Gasteiger partial charge is 0.240 e. The first kappa shape index (κ1) is 17.9. The number of carbonyl (C=O) groups is 1. The van der Waals surface area contributed by atoms with Gasteiger partial charge >= 0.3 is 0 Å². The van der Waals surface area contributed by atoms with Crippen LogP contribution in [0.1, 0.15) is 27.0 Å². The van der Waals surface area contributed by atoms with Gasteiger partial charge in [0, 0.05) is 5.56 Å². The van der Waals surface area contributed by atoms with Crippen molar-refractivity contribution in [1.82, 2.24) is 4.72 Å². The number of carbonyl (C=O) groups excluding carboxylic acids is 1. The number of phenols is 1. The molecule has 0 bridgehead atoms. The van der Waals surface area contributed by atoms with Gasteiger partial charge in [-0.25, -0.2) is 13.1 Å². The molecule has 5 nitrogen and oxygen atoms in total. The summed E-state index contributed by atoms with van der Waals surface area (Å²) in [6.07, 6.45) is 3.09. The Balaban J connectivity index is 2.21. The molecule has 0 saturated carbocycles. The topological polar surface area (TPSA) is 83.5 Å². The molecule has 0 radical (unpaired) electrons. The van der Waals surface area contributed by atoms with Crippen molar-refractivity contribution in [1.29, 1.82) is 0 Å². The van der Waals surface area contributed by atoms with Gasteiger partial charge in [0.15, 0.2) is 5.78 Å². The van der Waals surface area contributed by atoms with Gasteiger partial charge in [0.1, 0.15) is 5.75 Å². The fraction of sp³-hybridized carbons (Fsp3) is 0.167. The summed E-state index contributed by atoms with van der Waals surface area (Å²) >= 11 is 0. The molecule has 2 N–H and O–H groups in total. The highest BCUT2D eigenvalue weighted by Gasteiger charge is 2.11. The van der Waals surface area contributed by atoms with Crippen LogP contribution < -0.4 is 4.72 Å². The van der Waals surface area contributed by atoms with E-state index in [2.05, 4.69) is 4.72 Å². The Bertz CT molecular complexity index is 874. The van der Waals surface area contributed by atoms with E-state index in [0.29, 0.717) is 5.56 Å². The minimum Gasteiger partial charge on any atom is -0.507 e. The van der Waals surface area contributed by atoms with Gasteiger partial charge in [-0.2, -0.15) is 0 Å². The van der Waals surface area contributed by atoms with Gasteiger partial charge in [0.25, 0.3) is 0 Å². The van der Waals surface area contributed by atoms with Crippen LogP contribution in [0, 0.1) is 13.8 Å². The summed E-state index contributed by atoms with van der Waals surface area (Å²) in [5, 5.41) is 9.75. The van der Waals surface area contributed by atoms with Crippen molar-refractivity contribution >= 4 is 21.9 Å². The van der Waals surface area contributed by atoms with Crippen LogP contribution in [-0.2, 0) is 10.0 Å². The lowest BCUT2D eigenvalue weighted by molar-refractivity contribution is 0.104. The fourth-order valence-electron chi connectivity index (χ4n) is 2.27. The Morgan fingerprint density at radius 1 is 1.08 bits per heavy atom. The number of hydrogen-bond donors (Lipinski definition) is 2. The van der Waals surface area contributed by atoms with E-state index in [9.17, 15) is 18.3 Å². The van der Waals surface area contributed by atoms with Crippen LogP contribution in [0.25, 0.3) is 6.08 Å². The van der Waals surface area contributed by atoms with Crippen LogP contribution in [-0.4, -0.2) is 26.4 Å². The molecule has 0 heterocycles. The molecule has 0 aliphatic carbocycles. The summed E-state index contributed by atoms with van der Waals surface area (Å²) in [7, 11) is -2.18. The third kappa shape index (κ3) is 3.90. The van der Waals surface area contributed by atoms with Crippen molar-refractivity contribution in [2.75, 3.05) is 7.05 Å². The van der Waals surface area contributed by atoms with Gasteiger partial charge in [0.05, 0.1) is 4.90 Å². The van der Waals surface area contributed by atoms with Crippen LogP contribution in [0.4, 0.5) is 0 Å². The minimum absolute atomic E-state index is 0.107. The van der Waals surface area contributed by atoms with Crippen LogP contribution in [0.5, 0.6) is 5.75 Å². The van der Waals surface area contributed by atoms with E-state index in [-0.39, 0.29) is 16.4 Å². The summed E-state index contributed by atoms with van der Waals surface area (Å²) < 4.78 is 25.5. The largest absolute Gasteiger partial charge is 0.507 e. The van der Waals surface area contributed by atoms with E-state index in [1.165, 1.54) is 37.4 Å². The van der Waals surface area contributed by atoms with E-state index in [1.54, 1.807) is 32.1 Å². The number of aryl methyl sites for hydroxylation is 2. The highest BCUT2D eigenvalue weighted by molar-refractivity contribution is 7.89. The predicted octanol–water partition coefficient (Wildman–Crippen LogP) is 2.81. The number of phenolic OH excluding ortho intramolecular Hbond substituents is 1.